The number of halogens is 3. The highest BCUT2D eigenvalue weighted by molar-refractivity contribution is 5.84. The second kappa shape index (κ2) is 11.3. The Balaban J connectivity index is 2.32. The number of rotatable bonds is 8. The summed E-state index contributed by atoms with van der Waals surface area (Å²) in [5.41, 5.74) is 0. The third kappa shape index (κ3) is 9.84. The highest BCUT2D eigenvalue weighted by Crippen LogP contribution is 2.16. The first-order valence-corrected chi connectivity index (χ1v) is 9.26. The van der Waals surface area contributed by atoms with Crippen LogP contribution in [0.3, 0.4) is 0 Å². The minimum absolute atomic E-state index is 0.314. The van der Waals surface area contributed by atoms with E-state index < -0.39 is 18.6 Å². The molecule has 152 valence electrons. The maximum absolute atomic E-state index is 12.3. The largest absolute Gasteiger partial charge is 0.406 e. The van der Waals surface area contributed by atoms with Crippen LogP contribution in [0.2, 0.25) is 0 Å². The normalized spacial score (nSPS) is 17.2. The number of carbonyl (C=O) groups excluding carboxylic acids is 1. The lowest BCUT2D eigenvalue weighted by Crippen LogP contribution is -2.41. The lowest BCUT2D eigenvalue weighted by molar-refractivity contribution is -0.157. The first-order chi connectivity index (χ1) is 12.2. The molecule has 9 heteroatoms. The van der Waals surface area contributed by atoms with Gasteiger partial charge in [0.05, 0.1) is 0 Å². The van der Waals surface area contributed by atoms with Crippen LogP contribution in [0.15, 0.2) is 4.99 Å². The molecule has 1 rings (SSSR count). The SMILES string of the molecule is CCNC(=NCC(=O)N(C)CC(F)(F)F)NCCCN1CCC(C)CC1. The molecule has 1 saturated heterocycles. The van der Waals surface area contributed by atoms with Crippen molar-refractivity contribution in [2.24, 2.45) is 10.9 Å². The Morgan fingerprint density at radius 1 is 1.27 bits per heavy atom. The molecule has 26 heavy (non-hydrogen) atoms. The number of alkyl halides is 3. The number of nitrogens with one attached hydrogen (secondary N) is 2. The van der Waals surface area contributed by atoms with E-state index in [9.17, 15) is 18.0 Å². The van der Waals surface area contributed by atoms with Crippen LogP contribution < -0.4 is 10.6 Å². The third-order valence-electron chi connectivity index (χ3n) is 4.38. The van der Waals surface area contributed by atoms with Gasteiger partial charge < -0.3 is 20.4 Å². The van der Waals surface area contributed by atoms with Crippen LogP contribution in [0.4, 0.5) is 13.2 Å². The molecule has 0 unspecified atom stereocenters. The summed E-state index contributed by atoms with van der Waals surface area (Å²) >= 11 is 0. The van der Waals surface area contributed by atoms with Crippen molar-refractivity contribution in [3.63, 3.8) is 0 Å². The maximum Gasteiger partial charge on any atom is 0.406 e. The average molecular weight is 379 g/mol. The standard InChI is InChI=1S/C17H32F3N5O/c1-4-21-16(23-12-15(26)24(3)13-17(18,19)20)22-8-5-9-25-10-6-14(2)7-11-25/h14H,4-13H2,1-3H3,(H2,21,22,23). The molecule has 0 bridgehead atoms. The molecular formula is C17H32F3N5O. The molecule has 0 aromatic rings. The maximum atomic E-state index is 12.3. The van der Waals surface area contributed by atoms with Gasteiger partial charge in [0, 0.05) is 20.1 Å². The quantitative estimate of drug-likeness (QED) is 0.383. The molecule has 0 saturated carbocycles. The van der Waals surface area contributed by atoms with Crippen LogP contribution in [-0.4, -0.2) is 80.7 Å². The predicted molar refractivity (Wildman–Crippen MR) is 97.1 cm³/mol. The number of carbonyl (C=O) groups is 1. The van der Waals surface area contributed by atoms with E-state index in [0.717, 1.165) is 39.0 Å². The zero-order chi connectivity index (χ0) is 19.6. The average Bonchev–Trinajstić information content (AvgIpc) is 2.56. The van der Waals surface area contributed by atoms with Gasteiger partial charge in [-0.1, -0.05) is 6.92 Å². The molecule has 1 aliphatic heterocycles. The van der Waals surface area contributed by atoms with Gasteiger partial charge in [-0.25, -0.2) is 4.99 Å². The van der Waals surface area contributed by atoms with Crippen LogP contribution in [0.25, 0.3) is 0 Å². The van der Waals surface area contributed by atoms with Gasteiger partial charge in [0.15, 0.2) is 5.96 Å². The lowest BCUT2D eigenvalue weighted by atomic mass is 9.99. The van der Waals surface area contributed by atoms with Gasteiger partial charge in [-0.2, -0.15) is 13.2 Å². The fraction of sp³-hybridized carbons (Fsp3) is 0.882. The molecule has 0 radical (unpaired) electrons. The topological polar surface area (TPSA) is 60.0 Å². The molecule has 1 heterocycles. The Hall–Kier alpha value is -1.51. The number of likely N-dealkylation sites (tertiary alicyclic amines) is 1. The number of nitrogens with zero attached hydrogens (tertiary/aromatic N) is 3. The number of piperidine rings is 1. The van der Waals surface area contributed by atoms with Gasteiger partial charge in [-0.05, 0) is 51.7 Å². The number of hydrogen-bond acceptors (Lipinski definition) is 3. The highest BCUT2D eigenvalue weighted by atomic mass is 19.4. The van der Waals surface area contributed by atoms with E-state index in [1.807, 2.05) is 6.92 Å². The summed E-state index contributed by atoms with van der Waals surface area (Å²) in [6, 6.07) is 0. The number of aliphatic imine (C=N–C) groups is 1. The molecule has 1 amide bonds. The molecule has 6 nitrogen and oxygen atoms in total. The van der Waals surface area contributed by atoms with Gasteiger partial charge in [-0.3, -0.25) is 4.79 Å². The summed E-state index contributed by atoms with van der Waals surface area (Å²) < 4.78 is 36.9. The van der Waals surface area contributed by atoms with Crippen LogP contribution in [0.1, 0.15) is 33.1 Å². The summed E-state index contributed by atoms with van der Waals surface area (Å²) in [7, 11) is 1.13. The second-order valence-electron chi connectivity index (χ2n) is 6.86. The summed E-state index contributed by atoms with van der Waals surface area (Å²) in [6.45, 7) is 7.19. The summed E-state index contributed by atoms with van der Waals surface area (Å²) in [5, 5.41) is 6.13. The van der Waals surface area contributed by atoms with Crippen molar-refractivity contribution in [2.75, 3.05) is 52.9 Å². The van der Waals surface area contributed by atoms with Crippen LogP contribution in [-0.2, 0) is 4.79 Å². The molecule has 1 fully saturated rings. The smallest absolute Gasteiger partial charge is 0.357 e. The zero-order valence-corrected chi connectivity index (χ0v) is 16.0. The molecule has 0 aliphatic carbocycles. The van der Waals surface area contributed by atoms with Gasteiger partial charge in [-0.15, -0.1) is 0 Å². The zero-order valence-electron chi connectivity index (χ0n) is 16.0. The van der Waals surface area contributed by atoms with E-state index >= 15 is 0 Å². The van der Waals surface area contributed by atoms with Gasteiger partial charge in [0.2, 0.25) is 5.91 Å². The summed E-state index contributed by atoms with van der Waals surface area (Å²) in [5.74, 6) is 0.598. The van der Waals surface area contributed by atoms with E-state index in [4.69, 9.17) is 0 Å². The fourth-order valence-corrected chi connectivity index (χ4v) is 2.76. The number of guanidine groups is 1. The number of likely N-dealkylation sites (N-methyl/N-ethyl adjacent to an activating group) is 1. The Morgan fingerprint density at radius 2 is 1.92 bits per heavy atom. The van der Waals surface area contributed by atoms with E-state index in [1.54, 1.807) is 0 Å². The van der Waals surface area contributed by atoms with Gasteiger partial charge in [0.1, 0.15) is 13.1 Å². The first kappa shape index (κ1) is 22.5. The first-order valence-electron chi connectivity index (χ1n) is 9.26. The van der Waals surface area contributed by atoms with Crippen LogP contribution in [0, 0.1) is 5.92 Å². The Morgan fingerprint density at radius 3 is 2.50 bits per heavy atom. The van der Waals surface area contributed by atoms with Gasteiger partial charge in [0.25, 0.3) is 0 Å². The van der Waals surface area contributed by atoms with E-state index in [0.29, 0.717) is 23.9 Å². The van der Waals surface area contributed by atoms with E-state index in [-0.39, 0.29) is 6.54 Å². The summed E-state index contributed by atoms with van der Waals surface area (Å²) in [4.78, 5) is 18.9. The fourth-order valence-electron chi connectivity index (χ4n) is 2.76. The van der Waals surface area contributed by atoms with E-state index in [1.165, 1.54) is 12.8 Å². The molecule has 1 aliphatic rings. The third-order valence-corrected chi connectivity index (χ3v) is 4.38. The highest BCUT2D eigenvalue weighted by Gasteiger charge is 2.31. The molecule has 0 aromatic carbocycles. The summed E-state index contributed by atoms with van der Waals surface area (Å²) in [6.07, 6.45) is -0.972. The lowest BCUT2D eigenvalue weighted by Gasteiger charge is -2.30. The van der Waals surface area contributed by atoms with Crippen LogP contribution in [0.5, 0.6) is 0 Å². The molecule has 0 spiro atoms. The Kier molecular flexibility index (Phi) is 9.75. The molecule has 0 atom stereocenters. The molecular weight excluding hydrogens is 347 g/mol. The number of amides is 1. The minimum Gasteiger partial charge on any atom is -0.357 e. The second-order valence-corrected chi connectivity index (χ2v) is 6.86. The van der Waals surface area contributed by atoms with Crippen molar-refractivity contribution in [3.8, 4) is 0 Å². The molecule has 2 N–H and O–H groups in total. The minimum atomic E-state index is -4.40. The Bertz CT molecular complexity index is 448. The predicted octanol–water partition coefficient (Wildman–Crippen LogP) is 1.68. The van der Waals surface area contributed by atoms with Crippen molar-refractivity contribution in [1.29, 1.82) is 0 Å². The number of hydrogen-bond donors (Lipinski definition) is 2. The van der Waals surface area contributed by atoms with Crippen molar-refractivity contribution < 1.29 is 18.0 Å². The van der Waals surface area contributed by atoms with Gasteiger partial charge >= 0.3 is 6.18 Å². The van der Waals surface area contributed by atoms with Crippen molar-refractivity contribution in [3.05, 3.63) is 0 Å². The van der Waals surface area contributed by atoms with Crippen molar-refractivity contribution in [2.45, 2.75) is 39.3 Å². The monoisotopic (exact) mass is 379 g/mol. The van der Waals surface area contributed by atoms with E-state index in [2.05, 4.69) is 27.4 Å². The Labute approximate surface area is 154 Å². The van der Waals surface area contributed by atoms with Crippen molar-refractivity contribution in [1.82, 2.24) is 20.4 Å². The van der Waals surface area contributed by atoms with Crippen LogP contribution >= 0.6 is 0 Å². The van der Waals surface area contributed by atoms with Crippen molar-refractivity contribution >= 4 is 11.9 Å². The molecule has 0 aromatic heterocycles.